The van der Waals surface area contributed by atoms with Crippen LogP contribution in [0.1, 0.15) is 28.9 Å². The number of aromatic hydroxyl groups is 1. The van der Waals surface area contributed by atoms with Gasteiger partial charge in [-0.2, -0.15) is 4.68 Å². The van der Waals surface area contributed by atoms with E-state index in [0.29, 0.717) is 23.5 Å². The summed E-state index contributed by atoms with van der Waals surface area (Å²) in [7, 11) is 2.62. The molecule has 0 saturated heterocycles. The number of phenolic OH excluding ortho intramolecular Hbond substituents is 1. The topological polar surface area (TPSA) is 138 Å². The zero-order valence-electron chi connectivity index (χ0n) is 18.1. The van der Waals surface area contributed by atoms with Gasteiger partial charge in [0.2, 0.25) is 5.95 Å². The predicted molar refractivity (Wildman–Crippen MR) is 115 cm³/mol. The summed E-state index contributed by atoms with van der Waals surface area (Å²) in [5.74, 6) is -0.327. The molecule has 0 spiro atoms. The maximum Gasteiger partial charge on any atom is 0.355 e. The van der Waals surface area contributed by atoms with E-state index >= 15 is 0 Å². The maximum absolute atomic E-state index is 13.7. The molecular formula is C22H21N5O6. The Morgan fingerprint density at radius 1 is 1.15 bits per heavy atom. The highest BCUT2D eigenvalue weighted by molar-refractivity contribution is 6.15. The Labute approximate surface area is 188 Å². The van der Waals surface area contributed by atoms with Gasteiger partial charge in [-0.25, -0.2) is 4.79 Å². The number of ketones is 1. The predicted octanol–water partition coefficient (Wildman–Crippen LogP) is 2.11. The number of hydrogen-bond acceptors (Lipinski definition) is 10. The molecule has 3 aromatic rings. The van der Waals surface area contributed by atoms with Crippen LogP contribution in [-0.4, -0.2) is 57.9 Å². The number of Topliss-reactive ketones (excluding diaryl/α,β-unsaturated/α-hetero) is 1. The lowest BCUT2D eigenvalue weighted by Crippen LogP contribution is -2.33. The maximum atomic E-state index is 13.7. The highest BCUT2D eigenvalue weighted by Crippen LogP contribution is 2.39. The Kier molecular flexibility index (Phi) is 5.94. The molecule has 1 aromatic heterocycles. The third kappa shape index (κ3) is 3.95. The quantitative estimate of drug-likeness (QED) is 0.406. The number of anilines is 1. The molecule has 0 unspecified atom stereocenters. The van der Waals surface area contributed by atoms with E-state index in [1.54, 1.807) is 36.4 Å². The number of aromatic nitrogens is 4. The van der Waals surface area contributed by atoms with Crippen molar-refractivity contribution in [2.24, 2.45) is 0 Å². The molecule has 1 aliphatic heterocycles. The van der Waals surface area contributed by atoms with E-state index in [0.717, 1.165) is 0 Å². The van der Waals surface area contributed by atoms with Crippen LogP contribution in [0.4, 0.5) is 5.95 Å². The van der Waals surface area contributed by atoms with Gasteiger partial charge < -0.3 is 24.6 Å². The van der Waals surface area contributed by atoms with Gasteiger partial charge in [0.05, 0.1) is 26.4 Å². The van der Waals surface area contributed by atoms with Gasteiger partial charge >= 0.3 is 5.97 Å². The van der Waals surface area contributed by atoms with Crippen LogP contribution in [-0.2, 0) is 9.53 Å². The van der Waals surface area contributed by atoms with Crippen molar-refractivity contribution in [1.82, 2.24) is 20.2 Å². The number of esters is 1. The molecule has 1 atom stereocenters. The number of allylic oxidation sites excluding steroid dienone is 1. The monoisotopic (exact) mass is 451 g/mol. The Bertz CT molecular complexity index is 1230. The molecule has 11 heteroatoms. The van der Waals surface area contributed by atoms with Crippen molar-refractivity contribution in [3.05, 3.63) is 64.9 Å². The van der Waals surface area contributed by atoms with Crippen LogP contribution in [0, 0.1) is 0 Å². The van der Waals surface area contributed by atoms with E-state index in [2.05, 4.69) is 20.8 Å². The van der Waals surface area contributed by atoms with Gasteiger partial charge in [0.15, 0.2) is 17.3 Å². The fourth-order valence-corrected chi connectivity index (χ4v) is 3.59. The second-order valence-electron chi connectivity index (χ2n) is 6.97. The number of fused-ring (bicyclic) bond motifs is 1. The van der Waals surface area contributed by atoms with Gasteiger partial charge in [0.25, 0.3) is 0 Å². The Hall–Kier alpha value is -4.41. The Balaban J connectivity index is 1.90. The van der Waals surface area contributed by atoms with Crippen molar-refractivity contribution in [1.29, 1.82) is 0 Å². The number of methoxy groups -OCH3 is 2. The van der Waals surface area contributed by atoms with E-state index in [-0.39, 0.29) is 28.7 Å². The van der Waals surface area contributed by atoms with Crippen LogP contribution in [0.2, 0.25) is 0 Å². The summed E-state index contributed by atoms with van der Waals surface area (Å²) >= 11 is 0. The van der Waals surface area contributed by atoms with Crippen LogP contribution < -0.4 is 14.8 Å². The molecule has 11 nitrogen and oxygen atoms in total. The molecule has 0 amide bonds. The minimum Gasteiger partial charge on any atom is -0.504 e. The van der Waals surface area contributed by atoms with Crippen molar-refractivity contribution in [3.8, 4) is 17.2 Å². The number of ether oxygens (including phenoxy) is 3. The van der Waals surface area contributed by atoms with E-state index in [4.69, 9.17) is 14.2 Å². The average Bonchev–Trinajstić information content (AvgIpc) is 3.31. The van der Waals surface area contributed by atoms with Gasteiger partial charge in [-0.15, -0.1) is 0 Å². The Morgan fingerprint density at radius 3 is 2.58 bits per heavy atom. The molecule has 170 valence electrons. The minimum absolute atomic E-state index is 0.0681. The number of nitrogens with zero attached hydrogens (tertiary/aromatic N) is 4. The molecule has 0 fully saturated rings. The summed E-state index contributed by atoms with van der Waals surface area (Å²) in [5, 5.41) is 24.4. The van der Waals surface area contributed by atoms with Crippen molar-refractivity contribution >= 4 is 17.7 Å². The van der Waals surface area contributed by atoms with Gasteiger partial charge in [-0.05, 0) is 59.3 Å². The molecule has 0 radical (unpaired) electrons. The molecule has 0 aliphatic carbocycles. The zero-order valence-corrected chi connectivity index (χ0v) is 18.1. The lowest BCUT2D eigenvalue weighted by atomic mass is 9.89. The first-order chi connectivity index (χ1) is 16.0. The summed E-state index contributed by atoms with van der Waals surface area (Å²) in [6.45, 7) is 2.35. The summed E-state index contributed by atoms with van der Waals surface area (Å²) < 4.78 is 17.0. The number of tetrazole rings is 1. The number of hydrogen-bond donors (Lipinski definition) is 2. The summed E-state index contributed by atoms with van der Waals surface area (Å²) in [5.41, 5.74) is 0.814. The molecule has 1 aliphatic rings. The third-order valence-corrected chi connectivity index (χ3v) is 5.10. The zero-order chi connectivity index (χ0) is 23.5. The number of benzene rings is 2. The number of carbonyl (C=O) groups is 2. The first-order valence-corrected chi connectivity index (χ1v) is 10.00. The van der Waals surface area contributed by atoms with E-state index < -0.39 is 17.8 Å². The van der Waals surface area contributed by atoms with Gasteiger partial charge in [-0.1, -0.05) is 11.2 Å². The largest absolute Gasteiger partial charge is 0.504 e. The summed E-state index contributed by atoms with van der Waals surface area (Å²) in [4.78, 5) is 26.4. The molecule has 2 N–H and O–H groups in total. The molecule has 33 heavy (non-hydrogen) atoms. The fourth-order valence-electron chi connectivity index (χ4n) is 3.59. The van der Waals surface area contributed by atoms with Gasteiger partial charge in [-0.3, -0.25) is 4.79 Å². The third-order valence-electron chi connectivity index (χ3n) is 5.10. The number of nitrogens with one attached hydrogen (secondary N) is 1. The molecular weight excluding hydrogens is 430 g/mol. The number of carbonyl (C=O) groups excluding carboxylic acids is 2. The van der Waals surface area contributed by atoms with E-state index in [1.807, 2.05) is 6.92 Å². The number of phenols is 1. The van der Waals surface area contributed by atoms with E-state index in [9.17, 15) is 14.7 Å². The second-order valence-corrected chi connectivity index (χ2v) is 6.97. The van der Waals surface area contributed by atoms with Crippen molar-refractivity contribution in [2.45, 2.75) is 13.0 Å². The molecule has 2 aromatic carbocycles. The van der Waals surface area contributed by atoms with Gasteiger partial charge in [0.1, 0.15) is 17.5 Å². The van der Waals surface area contributed by atoms with Crippen LogP contribution in [0.3, 0.4) is 0 Å². The first-order valence-electron chi connectivity index (χ1n) is 10.00. The average molecular weight is 451 g/mol. The standard InChI is InChI=1S/C22H21N5O6/c1-4-33-14-8-5-12(6-9-14)20(29)17-18(21(30)32-3)23-22-24-25-26-27(22)19(17)13-7-10-15(28)16(11-13)31-2/h5-11,19,28H,4H2,1-3H3,(H,23,24,26)/t19-/m1/s1. The number of rotatable bonds is 7. The Morgan fingerprint density at radius 2 is 1.91 bits per heavy atom. The lowest BCUT2D eigenvalue weighted by molar-refractivity contribution is -0.136. The van der Waals surface area contributed by atoms with Crippen molar-refractivity contribution in [3.63, 3.8) is 0 Å². The smallest absolute Gasteiger partial charge is 0.355 e. The first kappa shape index (κ1) is 21.8. The minimum atomic E-state index is -0.904. The van der Waals surface area contributed by atoms with Crippen LogP contribution in [0.25, 0.3) is 0 Å². The summed E-state index contributed by atoms with van der Waals surface area (Å²) in [6, 6.07) is 10.2. The second kappa shape index (κ2) is 8.99. The lowest BCUT2D eigenvalue weighted by Gasteiger charge is -2.28. The van der Waals surface area contributed by atoms with Crippen molar-refractivity contribution < 1.29 is 28.9 Å². The summed E-state index contributed by atoms with van der Waals surface area (Å²) in [6.07, 6.45) is 0. The molecule has 0 bridgehead atoms. The molecule has 4 rings (SSSR count). The fraction of sp³-hybridized carbons (Fsp3) is 0.227. The molecule has 0 saturated carbocycles. The normalized spacial score (nSPS) is 14.8. The van der Waals surface area contributed by atoms with Crippen LogP contribution in [0.15, 0.2) is 53.7 Å². The van der Waals surface area contributed by atoms with Crippen LogP contribution in [0.5, 0.6) is 17.2 Å². The van der Waals surface area contributed by atoms with E-state index in [1.165, 1.54) is 25.0 Å². The molecule has 2 heterocycles. The SMILES string of the molecule is CCOc1ccc(C(=O)C2=C(C(=O)OC)Nc3nnnn3[C@@H]2c2ccc(O)c(OC)c2)cc1. The van der Waals surface area contributed by atoms with Gasteiger partial charge in [0, 0.05) is 5.56 Å². The van der Waals surface area contributed by atoms with Crippen LogP contribution >= 0.6 is 0 Å². The van der Waals surface area contributed by atoms with Crippen molar-refractivity contribution in [2.75, 3.05) is 26.1 Å². The highest BCUT2D eigenvalue weighted by Gasteiger charge is 2.38. The highest BCUT2D eigenvalue weighted by atomic mass is 16.5.